The fraction of sp³-hybridized carbons (Fsp3) is 0. The van der Waals surface area contributed by atoms with Crippen molar-refractivity contribution >= 4 is 28.5 Å². The van der Waals surface area contributed by atoms with Gasteiger partial charge in [0.1, 0.15) is 5.82 Å². The van der Waals surface area contributed by atoms with Gasteiger partial charge in [-0.1, -0.05) is 35.9 Å². The molecule has 128 valence electrons. The Bertz CT molecular complexity index is 1150. The number of hydrogen-bond donors (Lipinski definition) is 2. The van der Waals surface area contributed by atoms with Gasteiger partial charge in [0.05, 0.1) is 5.56 Å². The number of aromatic nitrogens is 1. The molecule has 0 aliphatic heterocycles. The first-order chi connectivity index (χ1) is 12.5. The number of fused-ring (bicyclic) bond motifs is 1. The van der Waals surface area contributed by atoms with E-state index in [2.05, 4.69) is 4.98 Å². The Morgan fingerprint density at radius 3 is 2.54 bits per heavy atom. The highest BCUT2D eigenvalue weighted by molar-refractivity contribution is 6.33. The number of aromatic amines is 1. The van der Waals surface area contributed by atoms with E-state index in [0.29, 0.717) is 5.02 Å². The Kier molecular flexibility index (Phi) is 3.98. The van der Waals surface area contributed by atoms with Crippen molar-refractivity contribution in [1.29, 1.82) is 0 Å². The number of carboxylic acid groups (broad SMARTS) is 1. The van der Waals surface area contributed by atoms with E-state index in [-0.39, 0.29) is 11.4 Å². The van der Waals surface area contributed by atoms with Crippen LogP contribution in [-0.2, 0) is 0 Å². The zero-order valence-corrected chi connectivity index (χ0v) is 14.2. The van der Waals surface area contributed by atoms with E-state index in [1.165, 1.54) is 24.3 Å². The highest BCUT2D eigenvalue weighted by atomic mass is 35.5. The molecule has 0 saturated carbocycles. The van der Waals surface area contributed by atoms with Crippen molar-refractivity contribution in [3.05, 3.63) is 83.1 Å². The van der Waals surface area contributed by atoms with Gasteiger partial charge < -0.3 is 10.1 Å². The molecule has 0 aliphatic carbocycles. The molecule has 4 aromatic rings. The molecule has 0 atom stereocenters. The van der Waals surface area contributed by atoms with Crippen molar-refractivity contribution in [3.63, 3.8) is 0 Å². The topological polar surface area (TPSA) is 53.1 Å². The van der Waals surface area contributed by atoms with Gasteiger partial charge in [-0.3, -0.25) is 0 Å². The van der Waals surface area contributed by atoms with Crippen LogP contribution in [0.3, 0.4) is 0 Å². The van der Waals surface area contributed by atoms with Crippen LogP contribution < -0.4 is 0 Å². The predicted octanol–water partition coefficient (Wildman–Crippen LogP) is 5.99. The minimum absolute atomic E-state index is 0.146. The lowest BCUT2D eigenvalue weighted by Crippen LogP contribution is -1.96. The Morgan fingerprint density at radius 2 is 1.77 bits per heavy atom. The fourth-order valence-electron chi connectivity index (χ4n) is 3.00. The first kappa shape index (κ1) is 16.4. The minimum Gasteiger partial charge on any atom is -0.478 e. The Morgan fingerprint density at radius 1 is 0.962 bits per heavy atom. The molecular weight excluding hydrogens is 353 g/mol. The largest absolute Gasteiger partial charge is 0.478 e. The van der Waals surface area contributed by atoms with Crippen LogP contribution in [-0.4, -0.2) is 16.1 Å². The Balaban J connectivity index is 1.78. The zero-order valence-electron chi connectivity index (χ0n) is 13.5. The smallest absolute Gasteiger partial charge is 0.335 e. The number of carboxylic acids is 1. The summed E-state index contributed by atoms with van der Waals surface area (Å²) in [5.74, 6) is -1.29. The van der Waals surface area contributed by atoms with Crippen molar-refractivity contribution in [2.45, 2.75) is 0 Å². The maximum Gasteiger partial charge on any atom is 0.335 e. The summed E-state index contributed by atoms with van der Waals surface area (Å²) in [6, 6.07) is 18.9. The molecule has 0 unspecified atom stereocenters. The normalized spacial score (nSPS) is 11.0. The molecule has 0 spiro atoms. The van der Waals surface area contributed by atoms with Gasteiger partial charge >= 0.3 is 5.97 Å². The van der Waals surface area contributed by atoms with Crippen LogP contribution >= 0.6 is 11.6 Å². The van der Waals surface area contributed by atoms with Crippen molar-refractivity contribution in [3.8, 4) is 22.4 Å². The lowest BCUT2D eigenvalue weighted by Gasteiger charge is -2.07. The molecule has 1 heterocycles. The van der Waals surface area contributed by atoms with Gasteiger partial charge in [-0.05, 0) is 53.6 Å². The Labute approximate surface area is 153 Å². The number of aromatic carboxylic acids is 1. The highest BCUT2D eigenvalue weighted by Crippen LogP contribution is 2.32. The van der Waals surface area contributed by atoms with Crippen LogP contribution in [0, 0.1) is 5.82 Å². The second-order valence-electron chi connectivity index (χ2n) is 6.00. The summed E-state index contributed by atoms with van der Waals surface area (Å²) in [6.45, 7) is 0. The van der Waals surface area contributed by atoms with Crippen molar-refractivity contribution in [1.82, 2.24) is 4.98 Å². The molecule has 3 aromatic carbocycles. The van der Waals surface area contributed by atoms with Crippen LogP contribution in [0.5, 0.6) is 0 Å². The van der Waals surface area contributed by atoms with E-state index in [0.717, 1.165) is 33.3 Å². The van der Waals surface area contributed by atoms with Gasteiger partial charge in [0, 0.05) is 27.2 Å². The minimum atomic E-state index is -1.02. The third-order valence-electron chi connectivity index (χ3n) is 4.28. The van der Waals surface area contributed by atoms with Crippen LogP contribution in [0.4, 0.5) is 4.39 Å². The third kappa shape index (κ3) is 2.95. The number of rotatable bonds is 3. The predicted molar refractivity (Wildman–Crippen MR) is 101 cm³/mol. The fourth-order valence-corrected chi connectivity index (χ4v) is 3.29. The van der Waals surface area contributed by atoms with E-state index in [9.17, 15) is 9.18 Å². The van der Waals surface area contributed by atoms with Crippen molar-refractivity contribution in [2.24, 2.45) is 0 Å². The number of halogens is 2. The van der Waals surface area contributed by atoms with Gasteiger partial charge in [-0.15, -0.1) is 0 Å². The van der Waals surface area contributed by atoms with Gasteiger partial charge in [0.15, 0.2) is 0 Å². The summed E-state index contributed by atoms with van der Waals surface area (Å²) in [6.07, 6.45) is 0. The van der Waals surface area contributed by atoms with E-state index < -0.39 is 5.97 Å². The number of benzene rings is 3. The molecule has 0 fully saturated rings. The summed E-state index contributed by atoms with van der Waals surface area (Å²) in [5.41, 5.74) is 4.42. The maximum absolute atomic E-state index is 13.4. The summed E-state index contributed by atoms with van der Waals surface area (Å²) in [7, 11) is 0. The summed E-state index contributed by atoms with van der Waals surface area (Å²) in [5, 5.41) is 10.2. The van der Waals surface area contributed by atoms with Crippen LogP contribution in [0.15, 0.2) is 66.7 Å². The molecule has 26 heavy (non-hydrogen) atoms. The standard InChI is InChI=1S/C21H13ClFNO2/c22-18-10-14(21(25)26)4-6-17(18)12-2-1-3-13(8-12)20-11-15-9-16(23)5-7-19(15)24-20/h1-11,24H,(H,25,26). The van der Waals surface area contributed by atoms with E-state index in [4.69, 9.17) is 16.7 Å². The van der Waals surface area contributed by atoms with Crippen LogP contribution in [0.25, 0.3) is 33.3 Å². The zero-order chi connectivity index (χ0) is 18.3. The van der Waals surface area contributed by atoms with Gasteiger partial charge in [0.2, 0.25) is 0 Å². The van der Waals surface area contributed by atoms with Gasteiger partial charge in [-0.2, -0.15) is 0 Å². The monoisotopic (exact) mass is 365 g/mol. The summed E-state index contributed by atoms with van der Waals surface area (Å²) >= 11 is 6.28. The molecule has 0 saturated heterocycles. The van der Waals surface area contributed by atoms with Crippen LogP contribution in [0.1, 0.15) is 10.4 Å². The first-order valence-corrected chi connectivity index (χ1v) is 8.31. The number of nitrogens with one attached hydrogen (secondary N) is 1. The molecule has 3 nitrogen and oxygen atoms in total. The Hall–Kier alpha value is -3.11. The maximum atomic E-state index is 13.4. The molecule has 2 N–H and O–H groups in total. The molecular formula is C21H13ClFNO2. The molecule has 0 radical (unpaired) electrons. The van der Waals surface area contributed by atoms with Crippen molar-refractivity contribution < 1.29 is 14.3 Å². The average Bonchev–Trinajstić information content (AvgIpc) is 3.05. The van der Waals surface area contributed by atoms with E-state index in [1.54, 1.807) is 12.1 Å². The molecule has 5 heteroatoms. The number of hydrogen-bond acceptors (Lipinski definition) is 1. The second kappa shape index (κ2) is 6.32. The quantitative estimate of drug-likeness (QED) is 0.468. The van der Waals surface area contributed by atoms with E-state index >= 15 is 0 Å². The summed E-state index contributed by atoms with van der Waals surface area (Å²) < 4.78 is 13.4. The molecule has 1 aromatic heterocycles. The lowest BCUT2D eigenvalue weighted by atomic mass is 10.0. The number of H-pyrrole nitrogens is 1. The van der Waals surface area contributed by atoms with Crippen molar-refractivity contribution in [2.75, 3.05) is 0 Å². The third-order valence-corrected chi connectivity index (χ3v) is 4.60. The molecule has 0 aliphatic rings. The van der Waals surface area contributed by atoms with E-state index in [1.807, 2.05) is 30.3 Å². The van der Waals surface area contributed by atoms with Gasteiger partial charge in [-0.25, -0.2) is 9.18 Å². The molecule has 0 bridgehead atoms. The first-order valence-electron chi connectivity index (χ1n) is 7.93. The summed E-state index contributed by atoms with van der Waals surface area (Å²) in [4.78, 5) is 14.3. The lowest BCUT2D eigenvalue weighted by molar-refractivity contribution is 0.0697. The SMILES string of the molecule is O=C(O)c1ccc(-c2cccc(-c3cc4cc(F)ccc4[nH]3)c2)c(Cl)c1. The highest BCUT2D eigenvalue weighted by Gasteiger charge is 2.10. The van der Waals surface area contributed by atoms with Crippen LogP contribution in [0.2, 0.25) is 5.02 Å². The second-order valence-corrected chi connectivity index (χ2v) is 6.40. The number of carbonyl (C=O) groups is 1. The average molecular weight is 366 g/mol. The molecule has 4 rings (SSSR count). The van der Waals surface area contributed by atoms with Gasteiger partial charge in [0.25, 0.3) is 0 Å². The molecule has 0 amide bonds.